The summed E-state index contributed by atoms with van der Waals surface area (Å²) in [5, 5.41) is 0. The monoisotopic (exact) mass is 264 g/mol. The number of ketones is 1. The molecule has 0 spiro atoms. The van der Waals surface area contributed by atoms with Crippen molar-refractivity contribution in [3.05, 3.63) is 11.6 Å². The minimum absolute atomic E-state index is 0.412. The van der Waals surface area contributed by atoms with Gasteiger partial charge < -0.3 is 0 Å². The number of hydrogen-bond donors (Lipinski definition) is 0. The number of rotatable bonds is 0. The van der Waals surface area contributed by atoms with Crippen LogP contribution in [0, 0.1) is 0 Å². The van der Waals surface area contributed by atoms with E-state index in [0.717, 1.165) is 24.8 Å². The van der Waals surface area contributed by atoms with Gasteiger partial charge in [-0.15, -0.1) is 0 Å². The Morgan fingerprint density at radius 2 is 1.00 bits per heavy atom. The molecule has 0 aromatic rings. The molecule has 0 saturated heterocycles. The summed E-state index contributed by atoms with van der Waals surface area (Å²) in [6.07, 6.45) is 19.7. The van der Waals surface area contributed by atoms with Gasteiger partial charge in [0.25, 0.3) is 0 Å². The molecule has 1 fully saturated rings. The second-order valence-electron chi connectivity index (χ2n) is 5.98. The van der Waals surface area contributed by atoms with E-state index in [1.165, 1.54) is 70.6 Å². The zero-order chi connectivity index (χ0) is 13.8. The molecule has 0 aliphatic heterocycles. The molecule has 0 aromatic carbocycles. The smallest absolute Gasteiger partial charge is 0.158 e. The van der Waals surface area contributed by atoms with Crippen molar-refractivity contribution in [1.82, 2.24) is 0 Å². The van der Waals surface area contributed by atoms with Gasteiger partial charge in [-0.25, -0.2) is 0 Å². The van der Waals surface area contributed by atoms with Gasteiger partial charge >= 0.3 is 0 Å². The maximum atomic E-state index is 12.1. The third-order valence-electron chi connectivity index (χ3n) is 4.31. The molecule has 0 amide bonds. The second kappa shape index (κ2) is 11.3. The summed E-state index contributed by atoms with van der Waals surface area (Å²) in [6.45, 7) is 2.02. The number of carbonyl (C=O) groups is 1. The first-order valence-corrected chi connectivity index (χ1v) is 8.53. The zero-order valence-corrected chi connectivity index (χ0v) is 12.9. The van der Waals surface area contributed by atoms with Crippen LogP contribution in [0.1, 0.15) is 96.8 Å². The van der Waals surface area contributed by atoms with Crippen molar-refractivity contribution in [2.75, 3.05) is 0 Å². The number of carbonyl (C=O) groups excluding carboxylic acids is 1. The summed E-state index contributed by atoms with van der Waals surface area (Å²) in [7, 11) is 0. The van der Waals surface area contributed by atoms with Gasteiger partial charge in [0.2, 0.25) is 0 Å². The number of Topliss-reactive ketones (excluding diaryl/α,β-unsaturated/α-hetero) is 1. The van der Waals surface area contributed by atoms with Crippen LogP contribution in [0.2, 0.25) is 0 Å². The highest BCUT2D eigenvalue weighted by Gasteiger charge is 2.08. The van der Waals surface area contributed by atoms with E-state index in [4.69, 9.17) is 0 Å². The van der Waals surface area contributed by atoms with Crippen LogP contribution in [0.15, 0.2) is 11.6 Å². The first-order chi connectivity index (χ1) is 9.34. The zero-order valence-electron chi connectivity index (χ0n) is 12.9. The van der Waals surface area contributed by atoms with E-state index in [1.54, 1.807) is 0 Å². The van der Waals surface area contributed by atoms with Crippen molar-refractivity contribution in [3.63, 3.8) is 0 Å². The highest BCUT2D eigenvalue weighted by molar-refractivity contribution is 5.95. The predicted molar refractivity (Wildman–Crippen MR) is 83.4 cm³/mol. The molecule has 0 unspecified atom stereocenters. The Morgan fingerprint density at radius 1 is 0.632 bits per heavy atom. The van der Waals surface area contributed by atoms with Crippen LogP contribution >= 0.6 is 0 Å². The Morgan fingerprint density at radius 3 is 1.42 bits per heavy atom. The molecule has 0 bridgehead atoms. The Bertz CT molecular complexity index is 265. The van der Waals surface area contributed by atoms with Gasteiger partial charge in [0, 0.05) is 6.42 Å². The predicted octanol–water partition coefficient (Wildman–Crippen LogP) is 5.98. The summed E-state index contributed by atoms with van der Waals surface area (Å²) >= 11 is 0. The van der Waals surface area contributed by atoms with Crippen LogP contribution in [0.5, 0.6) is 0 Å². The van der Waals surface area contributed by atoms with Crippen LogP contribution in [0.4, 0.5) is 0 Å². The molecule has 0 N–H and O–H groups in total. The molecule has 0 aromatic heterocycles. The lowest BCUT2D eigenvalue weighted by Gasteiger charge is -2.08. The summed E-state index contributed by atoms with van der Waals surface area (Å²) in [5.41, 5.74) is 1.09. The van der Waals surface area contributed by atoms with E-state index >= 15 is 0 Å². The van der Waals surface area contributed by atoms with Gasteiger partial charge in [0.15, 0.2) is 5.78 Å². The van der Waals surface area contributed by atoms with Crippen molar-refractivity contribution in [2.24, 2.45) is 0 Å². The fraction of sp³-hybridized carbons (Fsp3) is 0.833. The third kappa shape index (κ3) is 8.23. The SMILES string of the molecule is CC=C1CCCCCCCCCCCCCCC1=O. The highest BCUT2D eigenvalue weighted by Crippen LogP contribution is 2.17. The van der Waals surface area contributed by atoms with Crippen molar-refractivity contribution in [1.29, 1.82) is 0 Å². The fourth-order valence-electron chi connectivity index (χ4n) is 2.97. The van der Waals surface area contributed by atoms with Gasteiger partial charge in [-0.2, -0.15) is 0 Å². The van der Waals surface area contributed by atoms with E-state index < -0.39 is 0 Å². The minimum Gasteiger partial charge on any atom is -0.295 e. The quantitative estimate of drug-likeness (QED) is 0.492. The van der Waals surface area contributed by atoms with Crippen LogP contribution < -0.4 is 0 Å². The van der Waals surface area contributed by atoms with Gasteiger partial charge in [-0.3, -0.25) is 4.79 Å². The van der Waals surface area contributed by atoms with Crippen LogP contribution in [0.3, 0.4) is 0 Å². The van der Waals surface area contributed by atoms with E-state index in [1.807, 2.05) is 13.0 Å². The Kier molecular flexibility index (Phi) is 9.75. The minimum atomic E-state index is 0.412. The second-order valence-corrected chi connectivity index (χ2v) is 5.98. The van der Waals surface area contributed by atoms with Gasteiger partial charge in [0.05, 0.1) is 0 Å². The molecular formula is C18H32O. The third-order valence-corrected chi connectivity index (χ3v) is 4.31. The molecule has 0 radical (unpaired) electrons. The van der Waals surface area contributed by atoms with E-state index in [9.17, 15) is 4.79 Å². The maximum Gasteiger partial charge on any atom is 0.158 e. The summed E-state index contributed by atoms with van der Waals surface area (Å²) in [6, 6.07) is 0. The van der Waals surface area contributed by atoms with Crippen LogP contribution in [-0.2, 0) is 4.79 Å². The fourth-order valence-corrected chi connectivity index (χ4v) is 2.97. The van der Waals surface area contributed by atoms with Crippen molar-refractivity contribution >= 4 is 5.78 Å². The number of allylic oxidation sites excluding steroid dienone is 2. The molecule has 110 valence electrons. The molecule has 1 heteroatoms. The molecule has 1 aliphatic rings. The lowest BCUT2D eigenvalue weighted by atomic mass is 9.97. The van der Waals surface area contributed by atoms with Crippen molar-refractivity contribution in [2.45, 2.75) is 96.8 Å². The molecule has 1 nitrogen and oxygen atoms in total. The van der Waals surface area contributed by atoms with Gasteiger partial charge in [-0.05, 0) is 31.8 Å². The molecule has 1 aliphatic carbocycles. The Balaban J connectivity index is 2.33. The van der Waals surface area contributed by atoms with Crippen LogP contribution in [-0.4, -0.2) is 5.78 Å². The molecular weight excluding hydrogens is 232 g/mol. The van der Waals surface area contributed by atoms with E-state index in [0.29, 0.717) is 5.78 Å². The first kappa shape index (κ1) is 16.5. The van der Waals surface area contributed by atoms with Crippen molar-refractivity contribution < 1.29 is 4.79 Å². The molecule has 0 atom stereocenters. The van der Waals surface area contributed by atoms with Crippen LogP contribution in [0.25, 0.3) is 0 Å². The first-order valence-electron chi connectivity index (χ1n) is 8.53. The van der Waals surface area contributed by atoms with Crippen molar-refractivity contribution in [3.8, 4) is 0 Å². The number of hydrogen-bond acceptors (Lipinski definition) is 1. The maximum absolute atomic E-state index is 12.1. The standard InChI is InChI=1S/C18H32O/c1-2-17-15-13-11-9-7-5-3-4-6-8-10-12-14-16-18(17)19/h2H,3-16H2,1H3. The summed E-state index contributed by atoms with van der Waals surface area (Å²) in [4.78, 5) is 12.1. The average molecular weight is 264 g/mol. The Hall–Kier alpha value is -0.590. The molecule has 1 saturated carbocycles. The Labute approximate surface area is 119 Å². The largest absolute Gasteiger partial charge is 0.295 e. The van der Waals surface area contributed by atoms with Gasteiger partial charge in [0.1, 0.15) is 0 Å². The summed E-state index contributed by atoms with van der Waals surface area (Å²) in [5.74, 6) is 0.412. The van der Waals surface area contributed by atoms with E-state index in [-0.39, 0.29) is 0 Å². The topological polar surface area (TPSA) is 17.1 Å². The average Bonchev–Trinajstić information content (AvgIpc) is 2.42. The normalized spacial score (nSPS) is 24.5. The van der Waals surface area contributed by atoms with Gasteiger partial charge in [-0.1, -0.05) is 70.3 Å². The summed E-state index contributed by atoms with van der Waals surface area (Å²) < 4.78 is 0. The molecule has 1 rings (SSSR count). The lowest BCUT2D eigenvalue weighted by Crippen LogP contribution is -2.03. The molecule has 19 heavy (non-hydrogen) atoms. The van der Waals surface area contributed by atoms with E-state index in [2.05, 4.69) is 0 Å². The highest BCUT2D eigenvalue weighted by atomic mass is 16.1. The molecule has 0 heterocycles. The lowest BCUT2D eigenvalue weighted by molar-refractivity contribution is -0.115.